The van der Waals surface area contributed by atoms with E-state index in [4.69, 9.17) is 4.74 Å². The monoisotopic (exact) mass is 269 g/mol. The number of carbonyl (C=O) groups excluding carboxylic acids is 1. The molecule has 0 aromatic carbocycles. The second-order valence-electron chi connectivity index (χ2n) is 6.01. The number of ether oxygens (including phenoxy) is 1. The fraction of sp³-hybridized carbons (Fsp3) is 0.857. The van der Waals surface area contributed by atoms with Gasteiger partial charge in [0.25, 0.3) is 0 Å². The van der Waals surface area contributed by atoms with Crippen molar-refractivity contribution in [1.29, 1.82) is 0 Å². The molecular formula is C14H23NO4. The molecule has 1 aliphatic heterocycles. The van der Waals surface area contributed by atoms with Crippen LogP contribution in [0.15, 0.2) is 0 Å². The summed E-state index contributed by atoms with van der Waals surface area (Å²) >= 11 is 0. The van der Waals surface area contributed by atoms with Gasteiger partial charge >= 0.3 is 5.97 Å². The fourth-order valence-corrected chi connectivity index (χ4v) is 3.61. The molecule has 108 valence electrons. The van der Waals surface area contributed by atoms with E-state index in [0.717, 1.165) is 25.7 Å². The molecule has 1 amide bonds. The molecular weight excluding hydrogens is 246 g/mol. The Kier molecular flexibility index (Phi) is 3.85. The smallest absolute Gasteiger partial charge is 0.319 e. The second kappa shape index (κ2) is 5.12. The lowest BCUT2D eigenvalue weighted by Gasteiger charge is -2.43. The van der Waals surface area contributed by atoms with Gasteiger partial charge in [-0.2, -0.15) is 0 Å². The molecule has 19 heavy (non-hydrogen) atoms. The molecule has 0 aromatic heterocycles. The molecule has 1 heterocycles. The van der Waals surface area contributed by atoms with Crippen molar-refractivity contribution in [3.63, 3.8) is 0 Å². The molecule has 0 bridgehead atoms. The van der Waals surface area contributed by atoms with Crippen LogP contribution in [0.5, 0.6) is 0 Å². The third-order valence-corrected chi connectivity index (χ3v) is 4.97. The average molecular weight is 269 g/mol. The minimum absolute atomic E-state index is 0.156. The fourth-order valence-electron chi connectivity index (χ4n) is 3.61. The van der Waals surface area contributed by atoms with Gasteiger partial charge in [0.2, 0.25) is 5.91 Å². The molecule has 0 radical (unpaired) electrons. The largest absolute Gasteiger partial charge is 0.480 e. The predicted octanol–water partition coefficient (Wildman–Crippen LogP) is 1.56. The van der Waals surface area contributed by atoms with Gasteiger partial charge in [-0.1, -0.05) is 12.8 Å². The van der Waals surface area contributed by atoms with E-state index in [1.165, 1.54) is 7.05 Å². The second-order valence-corrected chi connectivity index (χ2v) is 6.01. The van der Waals surface area contributed by atoms with Crippen LogP contribution in [0.25, 0.3) is 0 Å². The Morgan fingerprint density at radius 3 is 2.53 bits per heavy atom. The van der Waals surface area contributed by atoms with Crippen LogP contribution in [-0.2, 0) is 14.3 Å². The first-order valence-corrected chi connectivity index (χ1v) is 7.04. The lowest BCUT2D eigenvalue weighted by atomic mass is 9.68. The lowest BCUT2D eigenvalue weighted by Crippen LogP contribution is -2.52. The molecule has 2 unspecified atom stereocenters. The number of aliphatic carboxylic acids is 1. The van der Waals surface area contributed by atoms with Gasteiger partial charge in [0, 0.05) is 13.7 Å². The van der Waals surface area contributed by atoms with Gasteiger partial charge in [-0.3, -0.25) is 9.59 Å². The number of amides is 1. The summed E-state index contributed by atoms with van der Waals surface area (Å²) in [7, 11) is 1.49. The first-order chi connectivity index (χ1) is 8.94. The Balaban J connectivity index is 2.22. The molecule has 1 saturated carbocycles. The Labute approximate surface area is 113 Å². The zero-order valence-corrected chi connectivity index (χ0v) is 11.7. The summed E-state index contributed by atoms with van der Waals surface area (Å²) in [5, 5.41) is 12.0. The van der Waals surface area contributed by atoms with Crippen molar-refractivity contribution in [2.45, 2.75) is 51.0 Å². The number of carboxylic acids is 1. The van der Waals surface area contributed by atoms with Crippen molar-refractivity contribution in [2.24, 2.45) is 11.3 Å². The average Bonchev–Trinajstić information content (AvgIpc) is 2.84. The van der Waals surface area contributed by atoms with Crippen molar-refractivity contribution in [1.82, 2.24) is 5.32 Å². The lowest BCUT2D eigenvalue weighted by molar-refractivity contribution is -0.167. The van der Waals surface area contributed by atoms with E-state index in [1.807, 2.05) is 0 Å². The Hall–Kier alpha value is -1.10. The maximum Gasteiger partial charge on any atom is 0.319 e. The van der Waals surface area contributed by atoms with Crippen LogP contribution >= 0.6 is 0 Å². The van der Waals surface area contributed by atoms with E-state index in [1.54, 1.807) is 6.92 Å². The Morgan fingerprint density at radius 1 is 1.37 bits per heavy atom. The molecule has 2 N–H and O–H groups in total. The number of carbonyl (C=O) groups is 2. The van der Waals surface area contributed by atoms with E-state index in [2.05, 4.69) is 5.32 Å². The highest BCUT2D eigenvalue weighted by Gasteiger charge is 2.53. The number of rotatable bonds is 3. The molecule has 2 rings (SSSR count). The minimum Gasteiger partial charge on any atom is -0.480 e. The number of nitrogens with one attached hydrogen (secondary N) is 1. The van der Waals surface area contributed by atoms with Crippen LogP contribution in [0, 0.1) is 11.3 Å². The molecule has 5 heteroatoms. The number of carboxylic acid groups (broad SMARTS) is 1. The predicted molar refractivity (Wildman–Crippen MR) is 69.7 cm³/mol. The van der Waals surface area contributed by atoms with Gasteiger partial charge in [0.1, 0.15) is 5.41 Å². The summed E-state index contributed by atoms with van der Waals surface area (Å²) in [4.78, 5) is 23.7. The van der Waals surface area contributed by atoms with Crippen molar-refractivity contribution < 1.29 is 19.4 Å². The van der Waals surface area contributed by atoms with Crippen molar-refractivity contribution >= 4 is 11.9 Å². The van der Waals surface area contributed by atoms with E-state index >= 15 is 0 Å². The molecule has 1 saturated heterocycles. The number of hydrogen-bond donors (Lipinski definition) is 2. The molecule has 2 atom stereocenters. The standard InChI is InChI=1S/C14H23NO4/c1-13(12(17)18,11(16)15-2)10-5-8-19-14(9-10)6-3-4-7-14/h10H,3-9H2,1-2H3,(H,15,16)(H,17,18). The van der Waals surface area contributed by atoms with E-state index < -0.39 is 17.3 Å². The van der Waals surface area contributed by atoms with Gasteiger partial charge in [-0.25, -0.2) is 0 Å². The highest BCUT2D eigenvalue weighted by molar-refractivity contribution is 6.01. The molecule has 1 aliphatic carbocycles. The third-order valence-electron chi connectivity index (χ3n) is 4.97. The van der Waals surface area contributed by atoms with Crippen molar-refractivity contribution in [2.75, 3.05) is 13.7 Å². The van der Waals surface area contributed by atoms with Crippen molar-refractivity contribution in [3.05, 3.63) is 0 Å². The maximum atomic E-state index is 12.0. The number of hydrogen-bond acceptors (Lipinski definition) is 3. The molecule has 2 fully saturated rings. The van der Waals surface area contributed by atoms with Crippen LogP contribution in [0.2, 0.25) is 0 Å². The Bertz CT molecular complexity index is 376. The van der Waals surface area contributed by atoms with Gasteiger partial charge in [-0.15, -0.1) is 0 Å². The summed E-state index contributed by atoms with van der Waals surface area (Å²) in [6, 6.07) is 0. The van der Waals surface area contributed by atoms with E-state index in [9.17, 15) is 14.7 Å². The SMILES string of the molecule is CNC(=O)C(C)(C(=O)O)C1CCOC2(CCCC2)C1. The normalized spacial score (nSPS) is 28.8. The molecule has 2 aliphatic rings. The molecule has 5 nitrogen and oxygen atoms in total. The zero-order chi connectivity index (χ0) is 14.1. The van der Waals surface area contributed by atoms with Gasteiger partial charge in [0.05, 0.1) is 5.60 Å². The highest BCUT2D eigenvalue weighted by Crippen LogP contribution is 2.47. The first kappa shape index (κ1) is 14.3. The van der Waals surface area contributed by atoms with Gasteiger partial charge < -0.3 is 15.2 Å². The first-order valence-electron chi connectivity index (χ1n) is 7.04. The van der Waals surface area contributed by atoms with Crippen LogP contribution in [0.4, 0.5) is 0 Å². The van der Waals surface area contributed by atoms with Crippen LogP contribution in [-0.4, -0.2) is 36.2 Å². The highest BCUT2D eigenvalue weighted by atomic mass is 16.5. The third kappa shape index (κ3) is 2.36. The maximum absolute atomic E-state index is 12.0. The summed E-state index contributed by atoms with van der Waals surface area (Å²) in [6.07, 6.45) is 5.58. The van der Waals surface area contributed by atoms with E-state index in [-0.39, 0.29) is 11.5 Å². The zero-order valence-electron chi connectivity index (χ0n) is 11.7. The van der Waals surface area contributed by atoms with Crippen molar-refractivity contribution in [3.8, 4) is 0 Å². The van der Waals surface area contributed by atoms with Gasteiger partial charge in [0.15, 0.2) is 0 Å². The van der Waals surface area contributed by atoms with Crippen LogP contribution < -0.4 is 5.32 Å². The molecule has 1 spiro atoms. The quantitative estimate of drug-likeness (QED) is 0.762. The summed E-state index contributed by atoms with van der Waals surface area (Å²) in [5.74, 6) is -1.59. The molecule has 0 aromatic rings. The summed E-state index contributed by atoms with van der Waals surface area (Å²) in [5.41, 5.74) is -1.53. The summed E-state index contributed by atoms with van der Waals surface area (Å²) < 4.78 is 5.92. The van der Waals surface area contributed by atoms with Crippen LogP contribution in [0.3, 0.4) is 0 Å². The van der Waals surface area contributed by atoms with E-state index in [0.29, 0.717) is 19.4 Å². The Morgan fingerprint density at radius 2 is 2.00 bits per heavy atom. The topological polar surface area (TPSA) is 75.6 Å². The minimum atomic E-state index is -1.35. The van der Waals surface area contributed by atoms with Gasteiger partial charge in [-0.05, 0) is 38.5 Å². The summed E-state index contributed by atoms with van der Waals surface area (Å²) in [6.45, 7) is 2.11. The van der Waals surface area contributed by atoms with Crippen LogP contribution in [0.1, 0.15) is 45.4 Å².